The van der Waals surface area contributed by atoms with E-state index in [2.05, 4.69) is 31.5 Å². The molecule has 2 fully saturated rings. The minimum Gasteiger partial charge on any atom is -0.370 e. The molecule has 3 aromatic rings. The second kappa shape index (κ2) is 4.04. The van der Waals surface area contributed by atoms with Crippen LogP contribution in [0.4, 0.5) is 0 Å². The fourth-order valence-electron chi connectivity index (χ4n) is 3.90. The molecule has 6 heteroatoms. The predicted octanol–water partition coefficient (Wildman–Crippen LogP) is 2.28. The van der Waals surface area contributed by atoms with Crippen LogP contribution in [0.2, 0.25) is 0 Å². The monoisotopic (exact) mass is 283 g/mol. The Bertz CT molecular complexity index is 822. The summed E-state index contributed by atoms with van der Waals surface area (Å²) in [6.07, 6.45) is 8.02. The van der Waals surface area contributed by atoms with Crippen LogP contribution in [0.1, 0.15) is 37.9 Å². The van der Waals surface area contributed by atoms with E-state index in [1.807, 2.05) is 12.3 Å². The van der Waals surface area contributed by atoms with E-state index in [-0.39, 0.29) is 0 Å². The number of rotatable bonds is 2. The van der Waals surface area contributed by atoms with Crippen LogP contribution in [0.3, 0.4) is 0 Å². The van der Waals surface area contributed by atoms with Gasteiger partial charge in [0.15, 0.2) is 11.3 Å². The average molecular weight is 283 g/mol. The normalized spacial score (nSPS) is 31.7. The number of aromatic amines is 1. The third-order valence-electron chi connectivity index (χ3n) is 5.10. The zero-order valence-electron chi connectivity index (χ0n) is 11.9. The molecule has 4 atom stereocenters. The van der Waals surface area contributed by atoms with E-state index in [1.54, 1.807) is 6.20 Å². The molecule has 108 valence electrons. The first-order chi connectivity index (χ1) is 10.3. The highest BCUT2D eigenvalue weighted by atomic mass is 16.6. The SMILES string of the molecule is CC[C@@H]1CC2OC2C[C@@H]1c1nnc2cnc3[nH]ccc3n12. The predicted molar refractivity (Wildman–Crippen MR) is 77.1 cm³/mol. The second-order valence-electron chi connectivity index (χ2n) is 6.18. The summed E-state index contributed by atoms with van der Waals surface area (Å²) in [5, 5.41) is 8.83. The number of hydrogen-bond acceptors (Lipinski definition) is 4. The van der Waals surface area contributed by atoms with Gasteiger partial charge in [-0.1, -0.05) is 13.3 Å². The van der Waals surface area contributed by atoms with E-state index < -0.39 is 0 Å². The van der Waals surface area contributed by atoms with Crippen LogP contribution >= 0.6 is 0 Å². The van der Waals surface area contributed by atoms with Gasteiger partial charge in [0.2, 0.25) is 0 Å². The average Bonchev–Trinajstić information content (AvgIpc) is 2.93. The number of ether oxygens (including phenoxy) is 1. The molecule has 0 spiro atoms. The van der Waals surface area contributed by atoms with Gasteiger partial charge in [0, 0.05) is 12.1 Å². The number of nitrogens with zero attached hydrogens (tertiary/aromatic N) is 4. The summed E-state index contributed by atoms with van der Waals surface area (Å²) < 4.78 is 7.91. The highest BCUT2D eigenvalue weighted by Gasteiger charge is 2.49. The number of fused-ring (bicyclic) bond motifs is 4. The number of hydrogen-bond donors (Lipinski definition) is 1. The third kappa shape index (κ3) is 1.59. The lowest BCUT2D eigenvalue weighted by Crippen LogP contribution is -2.24. The van der Waals surface area contributed by atoms with Crippen LogP contribution in [-0.2, 0) is 4.74 Å². The molecule has 0 bridgehead atoms. The molecule has 5 rings (SSSR count). The minimum absolute atomic E-state index is 0.425. The Hall–Kier alpha value is -1.95. The summed E-state index contributed by atoms with van der Waals surface area (Å²) in [4.78, 5) is 7.55. The van der Waals surface area contributed by atoms with Crippen molar-refractivity contribution in [2.75, 3.05) is 0 Å². The van der Waals surface area contributed by atoms with Crippen molar-refractivity contribution in [3.05, 3.63) is 24.3 Å². The molecule has 0 amide bonds. The molecule has 1 aliphatic heterocycles. The number of nitrogens with one attached hydrogen (secondary N) is 1. The molecular weight excluding hydrogens is 266 g/mol. The summed E-state index contributed by atoms with van der Waals surface area (Å²) in [5.41, 5.74) is 2.76. The van der Waals surface area contributed by atoms with E-state index >= 15 is 0 Å². The van der Waals surface area contributed by atoms with E-state index in [4.69, 9.17) is 4.74 Å². The summed E-state index contributed by atoms with van der Waals surface area (Å²) in [5.74, 6) is 2.12. The van der Waals surface area contributed by atoms with E-state index in [9.17, 15) is 0 Å². The Balaban J connectivity index is 1.70. The van der Waals surface area contributed by atoms with Gasteiger partial charge in [-0.15, -0.1) is 10.2 Å². The van der Waals surface area contributed by atoms with Gasteiger partial charge in [0.25, 0.3) is 0 Å². The van der Waals surface area contributed by atoms with Gasteiger partial charge < -0.3 is 9.72 Å². The summed E-state index contributed by atoms with van der Waals surface area (Å²) in [7, 11) is 0. The van der Waals surface area contributed by atoms with Crippen molar-refractivity contribution in [2.24, 2.45) is 5.92 Å². The fraction of sp³-hybridized carbons (Fsp3) is 0.533. The maximum absolute atomic E-state index is 5.75. The van der Waals surface area contributed by atoms with Crippen molar-refractivity contribution < 1.29 is 4.74 Å². The zero-order valence-corrected chi connectivity index (χ0v) is 11.9. The summed E-state index contributed by atoms with van der Waals surface area (Å²) >= 11 is 0. The highest BCUT2D eigenvalue weighted by Crippen LogP contribution is 2.48. The van der Waals surface area contributed by atoms with Crippen molar-refractivity contribution in [1.82, 2.24) is 24.6 Å². The van der Waals surface area contributed by atoms with Crippen molar-refractivity contribution in [2.45, 2.75) is 44.3 Å². The topological polar surface area (TPSA) is 71.4 Å². The first-order valence-electron chi connectivity index (χ1n) is 7.67. The molecule has 21 heavy (non-hydrogen) atoms. The van der Waals surface area contributed by atoms with Gasteiger partial charge in [-0.2, -0.15) is 0 Å². The minimum atomic E-state index is 0.425. The largest absolute Gasteiger partial charge is 0.370 e. The smallest absolute Gasteiger partial charge is 0.179 e. The number of H-pyrrole nitrogens is 1. The molecule has 1 saturated heterocycles. The Morgan fingerprint density at radius 1 is 1.33 bits per heavy atom. The van der Waals surface area contributed by atoms with Gasteiger partial charge in [0.05, 0.1) is 23.9 Å². The van der Waals surface area contributed by atoms with Crippen LogP contribution in [0, 0.1) is 5.92 Å². The number of aromatic nitrogens is 5. The molecule has 3 aromatic heterocycles. The third-order valence-corrected chi connectivity index (χ3v) is 5.10. The Kier molecular flexibility index (Phi) is 2.25. The van der Waals surface area contributed by atoms with Gasteiger partial charge >= 0.3 is 0 Å². The molecule has 0 radical (unpaired) electrons. The molecule has 1 N–H and O–H groups in total. The van der Waals surface area contributed by atoms with Crippen molar-refractivity contribution in [3.63, 3.8) is 0 Å². The Morgan fingerprint density at radius 2 is 2.24 bits per heavy atom. The van der Waals surface area contributed by atoms with E-state index in [0.29, 0.717) is 24.0 Å². The lowest BCUT2D eigenvalue weighted by molar-refractivity contribution is 0.317. The van der Waals surface area contributed by atoms with Crippen LogP contribution in [-0.4, -0.2) is 36.8 Å². The highest BCUT2D eigenvalue weighted by molar-refractivity contribution is 5.74. The Labute approximate surface area is 121 Å². The van der Waals surface area contributed by atoms with E-state index in [1.165, 1.54) is 0 Å². The molecule has 0 aromatic carbocycles. The van der Waals surface area contributed by atoms with Gasteiger partial charge in [-0.3, -0.25) is 4.40 Å². The standard InChI is InChI=1S/C15H17N5O/c1-2-8-5-11-12(21-11)6-9(8)15-19-18-13-7-17-14-10(20(13)15)3-4-16-14/h3-4,7-9,11-12,16H,2,5-6H2,1H3/t8-,9+,11?,12?/m1/s1. The van der Waals surface area contributed by atoms with Crippen molar-refractivity contribution >= 4 is 16.8 Å². The second-order valence-corrected chi connectivity index (χ2v) is 6.18. The van der Waals surface area contributed by atoms with E-state index in [0.717, 1.165) is 41.9 Å². The summed E-state index contributed by atoms with van der Waals surface area (Å²) in [6.45, 7) is 2.26. The van der Waals surface area contributed by atoms with Crippen molar-refractivity contribution in [3.8, 4) is 0 Å². The lowest BCUT2D eigenvalue weighted by atomic mass is 9.77. The maximum Gasteiger partial charge on any atom is 0.179 e. The lowest BCUT2D eigenvalue weighted by Gasteiger charge is -2.27. The van der Waals surface area contributed by atoms with Crippen molar-refractivity contribution in [1.29, 1.82) is 0 Å². The summed E-state index contributed by atoms with van der Waals surface area (Å²) in [6, 6.07) is 2.04. The van der Waals surface area contributed by atoms with Gasteiger partial charge in [-0.05, 0) is 24.8 Å². The van der Waals surface area contributed by atoms with Crippen LogP contribution < -0.4 is 0 Å². The first kappa shape index (κ1) is 11.7. The quantitative estimate of drug-likeness (QED) is 0.732. The molecular formula is C15H17N5O. The first-order valence-corrected chi connectivity index (χ1v) is 7.67. The Morgan fingerprint density at radius 3 is 3.14 bits per heavy atom. The molecule has 4 heterocycles. The molecule has 1 aliphatic carbocycles. The van der Waals surface area contributed by atoms with Crippen LogP contribution in [0.5, 0.6) is 0 Å². The molecule has 2 unspecified atom stereocenters. The molecule has 1 saturated carbocycles. The molecule has 6 nitrogen and oxygen atoms in total. The number of epoxide rings is 1. The zero-order chi connectivity index (χ0) is 14.0. The fourth-order valence-corrected chi connectivity index (χ4v) is 3.90. The van der Waals surface area contributed by atoms with Gasteiger partial charge in [-0.25, -0.2) is 4.98 Å². The van der Waals surface area contributed by atoms with Crippen LogP contribution in [0.25, 0.3) is 16.8 Å². The van der Waals surface area contributed by atoms with Crippen LogP contribution in [0.15, 0.2) is 18.5 Å². The molecule has 2 aliphatic rings. The maximum atomic E-state index is 5.75. The van der Waals surface area contributed by atoms with Gasteiger partial charge in [0.1, 0.15) is 5.82 Å².